The standard InChI is InChI=1S/C17H20N2O6S2/c1-10(16(21)18-11-6-7-27(23,24)9-11)25-15(20)8-14-17(22)19-12-4-2-3-5-13(12)26-14/h2-5,10-11,14H,6-9H2,1H3,(H,18,21)(H,19,22)/t10-,11+,14+/m0/s1. The summed E-state index contributed by atoms with van der Waals surface area (Å²) in [5.74, 6) is -1.55. The lowest BCUT2D eigenvalue weighted by atomic mass is 10.2. The van der Waals surface area contributed by atoms with Crippen molar-refractivity contribution < 1.29 is 27.5 Å². The Morgan fingerprint density at radius 2 is 2.11 bits per heavy atom. The molecule has 0 radical (unpaired) electrons. The second-order valence-electron chi connectivity index (χ2n) is 6.54. The molecule has 0 unspecified atom stereocenters. The average Bonchev–Trinajstić information content (AvgIpc) is 2.94. The summed E-state index contributed by atoms with van der Waals surface area (Å²) in [4.78, 5) is 37.2. The van der Waals surface area contributed by atoms with Crippen LogP contribution in [0, 0.1) is 0 Å². The molecule has 2 N–H and O–H groups in total. The molecule has 3 atom stereocenters. The molecule has 0 bridgehead atoms. The topological polar surface area (TPSA) is 119 Å². The van der Waals surface area contributed by atoms with Crippen molar-refractivity contribution in [3.63, 3.8) is 0 Å². The van der Waals surface area contributed by atoms with Gasteiger partial charge < -0.3 is 15.4 Å². The number of thioether (sulfide) groups is 1. The van der Waals surface area contributed by atoms with E-state index in [9.17, 15) is 22.8 Å². The molecule has 1 fully saturated rings. The number of anilines is 1. The molecule has 1 aromatic rings. The van der Waals surface area contributed by atoms with Crippen LogP contribution >= 0.6 is 11.8 Å². The number of rotatable bonds is 5. The number of esters is 1. The Kier molecular flexibility index (Phi) is 5.75. The van der Waals surface area contributed by atoms with Gasteiger partial charge in [-0.1, -0.05) is 12.1 Å². The van der Waals surface area contributed by atoms with Crippen molar-refractivity contribution in [1.82, 2.24) is 5.32 Å². The molecule has 0 spiro atoms. The first-order valence-electron chi connectivity index (χ1n) is 8.50. The molecule has 27 heavy (non-hydrogen) atoms. The third-order valence-electron chi connectivity index (χ3n) is 4.31. The first-order valence-corrected chi connectivity index (χ1v) is 11.2. The van der Waals surface area contributed by atoms with Crippen LogP contribution in [-0.4, -0.2) is 55.1 Å². The van der Waals surface area contributed by atoms with E-state index in [0.717, 1.165) is 4.90 Å². The number of fused-ring (bicyclic) bond motifs is 1. The summed E-state index contributed by atoms with van der Waals surface area (Å²) in [5, 5.41) is 4.69. The van der Waals surface area contributed by atoms with Crippen LogP contribution in [0.2, 0.25) is 0 Å². The number of hydrogen-bond donors (Lipinski definition) is 2. The van der Waals surface area contributed by atoms with Gasteiger partial charge in [-0.05, 0) is 25.5 Å². The highest BCUT2D eigenvalue weighted by molar-refractivity contribution is 8.01. The molecule has 2 aliphatic rings. The average molecular weight is 412 g/mol. The summed E-state index contributed by atoms with van der Waals surface area (Å²) in [6.45, 7) is 1.42. The summed E-state index contributed by atoms with van der Waals surface area (Å²) < 4.78 is 28.0. The van der Waals surface area contributed by atoms with E-state index < -0.39 is 39.1 Å². The smallest absolute Gasteiger partial charge is 0.308 e. The molecule has 1 saturated heterocycles. The molecular weight excluding hydrogens is 392 g/mol. The Morgan fingerprint density at radius 3 is 2.81 bits per heavy atom. The van der Waals surface area contributed by atoms with E-state index in [4.69, 9.17) is 4.74 Å². The summed E-state index contributed by atoms with van der Waals surface area (Å²) in [5.41, 5.74) is 0.705. The highest BCUT2D eigenvalue weighted by Crippen LogP contribution is 2.36. The van der Waals surface area contributed by atoms with E-state index in [1.54, 1.807) is 6.07 Å². The number of amides is 2. The van der Waals surface area contributed by atoms with Crippen LogP contribution in [-0.2, 0) is 29.0 Å². The van der Waals surface area contributed by atoms with Crippen LogP contribution in [0.15, 0.2) is 29.2 Å². The molecule has 8 nitrogen and oxygen atoms in total. The van der Waals surface area contributed by atoms with Crippen molar-refractivity contribution in [3.05, 3.63) is 24.3 Å². The van der Waals surface area contributed by atoms with Gasteiger partial charge in [-0.2, -0.15) is 0 Å². The number of ether oxygens (including phenoxy) is 1. The summed E-state index contributed by atoms with van der Waals surface area (Å²) in [7, 11) is -3.11. The maximum absolute atomic E-state index is 12.1. The monoisotopic (exact) mass is 412 g/mol. The molecular formula is C17H20N2O6S2. The minimum atomic E-state index is -3.11. The van der Waals surface area contributed by atoms with E-state index in [2.05, 4.69) is 10.6 Å². The first-order chi connectivity index (χ1) is 12.7. The lowest BCUT2D eigenvalue weighted by molar-refractivity contribution is -0.155. The SMILES string of the molecule is C[C@H](OC(=O)C[C@H]1Sc2ccccc2NC1=O)C(=O)N[C@@H]1CCS(=O)(=O)C1. The van der Waals surface area contributed by atoms with Gasteiger partial charge in [0.25, 0.3) is 5.91 Å². The van der Waals surface area contributed by atoms with Gasteiger partial charge in [0.05, 0.1) is 28.9 Å². The van der Waals surface area contributed by atoms with Gasteiger partial charge in [0.15, 0.2) is 15.9 Å². The molecule has 2 aliphatic heterocycles. The first kappa shape index (κ1) is 19.7. The van der Waals surface area contributed by atoms with Crippen molar-refractivity contribution in [2.45, 2.75) is 42.1 Å². The number of sulfone groups is 1. The molecule has 0 aliphatic carbocycles. The Balaban J connectivity index is 1.50. The normalized spacial score (nSPS) is 24.4. The fraction of sp³-hybridized carbons (Fsp3) is 0.471. The van der Waals surface area contributed by atoms with Gasteiger partial charge in [-0.3, -0.25) is 14.4 Å². The maximum atomic E-state index is 12.1. The Labute approximate surface area is 161 Å². The molecule has 10 heteroatoms. The van der Waals surface area contributed by atoms with Crippen LogP contribution in [0.4, 0.5) is 5.69 Å². The van der Waals surface area contributed by atoms with Crippen LogP contribution in [0.3, 0.4) is 0 Å². The van der Waals surface area contributed by atoms with E-state index in [0.29, 0.717) is 12.1 Å². The number of carbonyl (C=O) groups excluding carboxylic acids is 3. The molecule has 146 valence electrons. The lowest BCUT2D eigenvalue weighted by Gasteiger charge is -2.24. The fourth-order valence-electron chi connectivity index (χ4n) is 2.90. The highest BCUT2D eigenvalue weighted by atomic mass is 32.2. The van der Waals surface area contributed by atoms with Gasteiger partial charge >= 0.3 is 5.97 Å². The van der Waals surface area contributed by atoms with Crippen LogP contribution in [0.1, 0.15) is 19.8 Å². The van der Waals surface area contributed by atoms with E-state index in [1.807, 2.05) is 18.2 Å². The Morgan fingerprint density at radius 1 is 1.37 bits per heavy atom. The maximum Gasteiger partial charge on any atom is 0.308 e. The Bertz CT molecular complexity index is 870. The van der Waals surface area contributed by atoms with Crippen LogP contribution in [0.5, 0.6) is 0 Å². The van der Waals surface area contributed by atoms with Gasteiger partial charge in [-0.15, -0.1) is 11.8 Å². The van der Waals surface area contributed by atoms with E-state index in [-0.39, 0.29) is 23.8 Å². The Hall–Kier alpha value is -2.07. The zero-order valence-electron chi connectivity index (χ0n) is 14.6. The van der Waals surface area contributed by atoms with Crippen molar-refractivity contribution in [3.8, 4) is 0 Å². The van der Waals surface area contributed by atoms with Gasteiger partial charge in [-0.25, -0.2) is 8.42 Å². The lowest BCUT2D eigenvalue weighted by Crippen LogP contribution is -2.43. The van der Waals surface area contributed by atoms with Crippen molar-refractivity contribution in [2.24, 2.45) is 0 Å². The number of nitrogens with one attached hydrogen (secondary N) is 2. The zero-order valence-corrected chi connectivity index (χ0v) is 16.3. The molecule has 3 rings (SSSR count). The third kappa shape index (κ3) is 5.01. The fourth-order valence-corrected chi connectivity index (χ4v) is 5.67. The van der Waals surface area contributed by atoms with Gasteiger partial charge in [0, 0.05) is 10.9 Å². The van der Waals surface area contributed by atoms with Crippen molar-refractivity contribution in [2.75, 3.05) is 16.8 Å². The third-order valence-corrected chi connectivity index (χ3v) is 7.36. The van der Waals surface area contributed by atoms with Crippen molar-refractivity contribution in [1.29, 1.82) is 0 Å². The largest absolute Gasteiger partial charge is 0.453 e. The highest BCUT2D eigenvalue weighted by Gasteiger charge is 2.32. The van der Waals surface area contributed by atoms with Crippen molar-refractivity contribution >= 4 is 45.1 Å². The number of benzene rings is 1. The summed E-state index contributed by atoms with van der Waals surface area (Å²) >= 11 is 1.27. The predicted octanol–water partition coefficient (Wildman–Crippen LogP) is 0.725. The number of hydrogen-bond acceptors (Lipinski definition) is 7. The number of carbonyl (C=O) groups is 3. The predicted molar refractivity (Wildman–Crippen MR) is 100 cm³/mol. The minimum absolute atomic E-state index is 0.0433. The molecule has 1 aromatic carbocycles. The van der Waals surface area contributed by atoms with Gasteiger partial charge in [0.2, 0.25) is 5.91 Å². The molecule has 0 aromatic heterocycles. The van der Waals surface area contributed by atoms with Crippen LogP contribution in [0.25, 0.3) is 0 Å². The second-order valence-corrected chi connectivity index (χ2v) is 10.0. The summed E-state index contributed by atoms with van der Waals surface area (Å²) in [6.07, 6.45) is -0.877. The van der Waals surface area contributed by atoms with E-state index in [1.165, 1.54) is 18.7 Å². The van der Waals surface area contributed by atoms with Gasteiger partial charge in [0.1, 0.15) is 0 Å². The molecule has 2 heterocycles. The van der Waals surface area contributed by atoms with E-state index >= 15 is 0 Å². The molecule has 2 amide bonds. The quantitative estimate of drug-likeness (QED) is 0.684. The minimum Gasteiger partial charge on any atom is -0.453 e. The number of para-hydroxylation sites is 1. The zero-order chi connectivity index (χ0) is 19.6. The molecule has 0 saturated carbocycles. The van der Waals surface area contributed by atoms with Crippen LogP contribution < -0.4 is 10.6 Å². The summed E-state index contributed by atoms with van der Waals surface area (Å²) in [6, 6.07) is 6.83. The second kappa shape index (κ2) is 7.89.